The third-order valence-electron chi connectivity index (χ3n) is 2.61. The molecule has 0 bridgehead atoms. The Bertz CT molecular complexity index is 417. The molecule has 0 saturated heterocycles. The molecule has 5 heteroatoms. The van der Waals surface area contributed by atoms with E-state index in [0.717, 1.165) is 0 Å². The first-order valence-electron chi connectivity index (χ1n) is 5.73. The molecule has 1 aromatic carbocycles. The Labute approximate surface area is 107 Å². The number of aliphatic hydroxyl groups excluding tert-OH is 1. The van der Waals surface area contributed by atoms with Gasteiger partial charge in [-0.2, -0.15) is 0 Å². The van der Waals surface area contributed by atoms with Gasteiger partial charge in [0.2, 0.25) is 0 Å². The van der Waals surface area contributed by atoms with Crippen LogP contribution in [0.25, 0.3) is 0 Å². The molecule has 0 aliphatic heterocycles. The van der Waals surface area contributed by atoms with E-state index in [-0.39, 0.29) is 12.0 Å². The molecule has 100 valence electrons. The van der Waals surface area contributed by atoms with Crippen molar-refractivity contribution in [3.8, 4) is 11.5 Å². The third kappa shape index (κ3) is 3.63. The summed E-state index contributed by atoms with van der Waals surface area (Å²) in [6.45, 7) is 3.40. The summed E-state index contributed by atoms with van der Waals surface area (Å²) >= 11 is 0. The fourth-order valence-electron chi connectivity index (χ4n) is 1.35. The van der Waals surface area contributed by atoms with E-state index < -0.39 is 6.10 Å². The predicted octanol–water partition coefficient (Wildman–Crippen LogP) is 1.20. The fraction of sp³-hybridized carbons (Fsp3) is 0.462. The molecule has 0 unspecified atom stereocenters. The average Bonchev–Trinajstić information content (AvgIpc) is 2.37. The van der Waals surface area contributed by atoms with Gasteiger partial charge in [0.15, 0.2) is 0 Å². The minimum Gasteiger partial charge on any atom is -0.497 e. The van der Waals surface area contributed by atoms with Gasteiger partial charge in [0.1, 0.15) is 17.6 Å². The number of aliphatic hydroxyl groups is 1. The van der Waals surface area contributed by atoms with Gasteiger partial charge in [-0.05, 0) is 26.0 Å². The number of rotatable bonds is 5. The highest BCUT2D eigenvalue weighted by Gasteiger charge is 2.13. The van der Waals surface area contributed by atoms with Crippen molar-refractivity contribution < 1.29 is 19.4 Å². The second-order valence-corrected chi connectivity index (χ2v) is 4.04. The van der Waals surface area contributed by atoms with Crippen LogP contribution in [0.2, 0.25) is 0 Å². The van der Waals surface area contributed by atoms with Crippen LogP contribution in [0.3, 0.4) is 0 Å². The molecule has 5 nitrogen and oxygen atoms in total. The highest BCUT2D eigenvalue weighted by Crippen LogP contribution is 2.24. The van der Waals surface area contributed by atoms with Crippen LogP contribution < -0.4 is 14.8 Å². The number of nitrogens with one attached hydrogen (secondary N) is 1. The largest absolute Gasteiger partial charge is 0.497 e. The second kappa shape index (κ2) is 6.26. The van der Waals surface area contributed by atoms with Crippen molar-refractivity contribution in [3.63, 3.8) is 0 Å². The Morgan fingerprint density at radius 3 is 2.39 bits per heavy atom. The van der Waals surface area contributed by atoms with Crippen LogP contribution in [0.5, 0.6) is 11.5 Å². The van der Waals surface area contributed by atoms with Gasteiger partial charge >= 0.3 is 0 Å². The Kier molecular flexibility index (Phi) is 4.97. The summed E-state index contributed by atoms with van der Waals surface area (Å²) in [4.78, 5) is 11.6. The van der Waals surface area contributed by atoms with Crippen molar-refractivity contribution in [1.29, 1.82) is 0 Å². The molecular formula is C13H19NO4. The molecular weight excluding hydrogens is 234 g/mol. The third-order valence-corrected chi connectivity index (χ3v) is 2.61. The molecule has 0 spiro atoms. The second-order valence-electron chi connectivity index (χ2n) is 4.04. The van der Waals surface area contributed by atoms with Crippen LogP contribution in [0, 0.1) is 0 Å². The van der Waals surface area contributed by atoms with Crippen molar-refractivity contribution in [2.75, 3.05) is 14.2 Å². The van der Waals surface area contributed by atoms with Crippen LogP contribution in [-0.4, -0.2) is 37.4 Å². The summed E-state index contributed by atoms with van der Waals surface area (Å²) in [5, 5.41) is 11.9. The fourth-order valence-corrected chi connectivity index (χ4v) is 1.35. The van der Waals surface area contributed by atoms with E-state index in [1.165, 1.54) is 7.11 Å². The molecule has 18 heavy (non-hydrogen) atoms. The van der Waals surface area contributed by atoms with E-state index >= 15 is 0 Å². The van der Waals surface area contributed by atoms with Gasteiger partial charge < -0.3 is 19.9 Å². The summed E-state index contributed by atoms with van der Waals surface area (Å²) < 4.78 is 10.7. The van der Waals surface area contributed by atoms with Gasteiger partial charge in [-0.3, -0.25) is 4.79 Å². The molecule has 0 aliphatic carbocycles. The molecule has 0 saturated carbocycles. The average molecular weight is 253 g/mol. The van der Waals surface area contributed by atoms with Gasteiger partial charge in [-0.1, -0.05) is 0 Å². The maximum atomic E-state index is 11.6. The van der Waals surface area contributed by atoms with Crippen LogP contribution in [-0.2, 0) is 0 Å². The zero-order valence-electron chi connectivity index (χ0n) is 11.1. The molecule has 0 radical (unpaired) electrons. The lowest BCUT2D eigenvalue weighted by Gasteiger charge is -2.18. The van der Waals surface area contributed by atoms with Crippen LogP contribution >= 0.6 is 0 Å². The van der Waals surface area contributed by atoms with Crippen molar-refractivity contribution in [3.05, 3.63) is 23.8 Å². The summed E-state index contributed by atoms with van der Waals surface area (Å²) in [7, 11) is 3.08. The predicted molar refractivity (Wildman–Crippen MR) is 68.2 cm³/mol. The molecule has 1 rings (SSSR count). The first-order valence-corrected chi connectivity index (χ1v) is 5.73. The van der Waals surface area contributed by atoms with Crippen LogP contribution in [0.4, 0.5) is 0 Å². The number of carbonyl (C=O) groups is 1. The highest BCUT2D eigenvalue weighted by molar-refractivity contribution is 5.94. The summed E-state index contributed by atoms with van der Waals surface area (Å²) in [6, 6.07) is 4.91. The Hall–Kier alpha value is -1.75. The maximum absolute atomic E-state index is 11.6. The quantitative estimate of drug-likeness (QED) is 0.827. The summed E-state index contributed by atoms with van der Waals surface area (Å²) in [5.41, 5.74) is 0.449. The number of methoxy groups -OCH3 is 1. The van der Waals surface area contributed by atoms with E-state index in [0.29, 0.717) is 17.1 Å². The van der Waals surface area contributed by atoms with Crippen molar-refractivity contribution in [2.45, 2.75) is 26.1 Å². The van der Waals surface area contributed by atoms with Crippen molar-refractivity contribution >= 4 is 5.91 Å². The van der Waals surface area contributed by atoms with Crippen molar-refractivity contribution in [1.82, 2.24) is 5.32 Å². The number of amides is 1. The molecule has 0 aromatic heterocycles. The highest BCUT2D eigenvalue weighted by atomic mass is 16.5. The van der Waals surface area contributed by atoms with Crippen LogP contribution in [0.1, 0.15) is 24.2 Å². The molecule has 2 atom stereocenters. The smallest absolute Gasteiger partial charge is 0.251 e. The van der Waals surface area contributed by atoms with Gasteiger partial charge in [0.25, 0.3) is 5.91 Å². The number of benzene rings is 1. The lowest BCUT2D eigenvalue weighted by Crippen LogP contribution is -2.26. The minimum atomic E-state index is -0.598. The van der Waals surface area contributed by atoms with E-state index in [2.05, 4.69) is 5.32 Å². The SMILES string of the molecule is CNC(=O)c1cc(OC)cc(O[C@@H](C)[C@H](C)O)c1. The van der Waals surface area contributed by atoms with Gasteiger partial charge in [0.05, 0.1) is 13.2 Å². The lowest BCUT2D eigenvalue weighted by atomic mass is 10.2. The Morgan fingerprint density at radius 1 is 1.28 bits per heavy atom. The topological polar surface area (TPSA) is 67.8 Å². The van der Waals surface area contributed by atoms with Gasteiger partial charge in [-0.25, -0.2) is 0 Å². The normalized spacial score (nSPS) is 13.6. The lowest BCUT2D eigenvalue weighted by molar-refractivity contribution is 0.0602. The van der Waals surface area contributed by atoms with Gasteiger partial charge in [0, 0.05) is 18.7 Å². The monoisotopic (exact) mass is 253 g/mol. The first kappa shape index (κ1) is 14.3. The molecule has 1 amide bonds. The molecule has 1 aromatic rings. The van der Waals surface area contributed by atoms with Crippen LogP contribution in [0.15, 0.2) is 18.2 Å². The molecule has 0 aliphatic rings. The maximum Gasteiger partial charge on any atom is 0.251 e. The number of hydrogen-bond acceptors (Lipinski definition) is 4. The summed E-state index contributed by atoms with van der Waals surface area (Å²) in [5.74, 6) is 0.800. The molecule has 0 fully saturated rings. The summed E-state index contributed by atoms with van der Waals surface area (Å²) in [6.07, 6.45) is -0.964. The Balaban J connectivity index is 3.00. The first-order chi connectivity index (χ1) is 8.47. The molecule has 0 heterocycles. The van der Waals surface area contributed by atoms with E-state index in [1.54, 1.807) is 39.1 Å². The zero-order valence-corrected chi connectivity index (χ0v) is 11.1. The van der Waals surface area contributed by atoms with E-state index in [4.69, 9.17) is 9.47 Å². The standard InChI is InChI=1S/C13H19NO4/c1-8(15)9(2)18-12-6-10(13(16)14-3)5-11(7-12)17-4/h5-9,15H,1-4H3,(H,14,16)/t8-,9-/m0/s1. The van der Waals surface area contributed by atoms with Crippen molar-refractivity contribution in [2.24, 2.45) is 0 Å². The van der Waals surface area contributed by atoms with Gasteiger partial charge in [-0.15, -0.1) is 0 Å². The number of hydrogen-bond donors (Lipinski definition) is 2. The zero-order chi connectivity index (χ0) is 13.7. The minimum absolute atomic E-state index is 0.219. The van der Waals surface area contributed by atoms with E-state index in [9.17, 15) is 9.90 Å². The Morgan fingerprint density at radius 2 is 1.89 bits per heavy atom. The number of ether oxygens (including phenoxy) is 2. The number of carbonyl (C=O) groups excluding carboxylic acids is 1. The molecule has 2 N–H and O–H groups in total. The van der Waals surface area contributed by atoms with E-state index in [1.807, 2.05) is 0 Å².